The van der Waals surface area contributed by atoms with Crippen LogP contribution in [0.4, 0.5) is 0 Å². The largest absolute Gasteiger partial charge is 0.485 e. The van der Waals surface area contributed by atoms with Crippen molar-refractivity contribution in [2.45, 2.75) is 57.8 Å². The van der Waals surface area contributed by atoms with Crippen molar-refractivity contribution in [3.8, 4) is 5.75 Å². The maximum absolute atomic E-state index is 10.2. The second-order valence-electron chi connectivity index (χ2n) is 5.53. The van der Waals surface area contributed by atoms with E-state index in [0.29, 0.717) is 0 Å². The molecule has 0 heterocycles. The van der Waals surface area contributed by atoms with Crippen molar-refractivity contribution in [1.82, 2.24) is 5.32 Å². The molecular weight excluding hydrogens is 398 g/mol. The molecule has 1 fully saturated rings. The molecule has 0 radical (unpaired) electrons. The molecule has 0 amide bonds. The third-order valence-electron chi connectivity index (χ3n) is 3.82. The van der Waals surface area contributed by atoms with Crippen LogP contribution in [0.1, 0.15) is 44.6 Å². The molecule has 2 unspecified atom stereocenters. The van der Waals surface area contributed by atoms with Crippen LogP contribution in [0.2, 0.25) is 0 Å². The van der Waals surface area contributed by atoms with Crippen LogP contribution in [0.3, 0.4) is 0 Å². The van der Waals surface area contributed by atoms with E-state index in [2.05, 4.69) is 56.2 Å². The van der Waals surface area contributed by atoms with E-state index in [1.807, 2.05) is 0 Å². The van der Waals surface area contributed by atoms with Crippen molar-refractivity contribution in [2.75, 3.05) is 6.54 Å². The minimum absolute atomic E-state index is 0.111. The lowest BCUT2D eigenvalue weighted by Gasteiger charge is -2.23. The van der Waals surface area contributed by atoms with Gasteiger partial charge in [-0.2, -0.15) is 0 Å². The molecule has 1 aliphatic carbocycles. The zero-order valence-corrected chi connectivity index (χ0v) is 15.5. The highest BCUT2D eigenvalue weighted by atomic mass is 79.9. The van der Waals surface area contributed by atoms with Crippen molar-refractivity contribution in [3.63, 3.8) is 0 Å². The van der Waals surface area contributed by atoms with Gasteiger partial charge in [0, 0.05) is 6.54 Å². The first-order valence-corrected chi connectivity index (χ1v) is 9.23. The highest BCUT2D eigenvalue weighted by Gasteiger charge is 2.25. The normalized spacial score (nSPS) is 22.9. The lowest BCUT2D eigenvalue weighted by molar-refractivity contribution is 0.0311. The van der Waals surface area contributed by atoms with Crippen LogP contribution in [0.15, 0.2) is 21.1 Å². The molecule has 0 aromatic heterocycles. The average molecular weight is 421 g/mol. The van der Waals surface area contributed by atoms with Crippen LogP contribution in [0.25, 0.3) is 0 Å². The van der Waals surface area contributed by atoms with E-state index in [1.165, 1.54) is 12.0 Å². The van der Waals surface area contributed by atoms with Gasteiger partial charge in [0.05, 0.1) is 15.0 Å². The highest BCUT2D eigenvalue weighted by molar-refractivity contribution is 9.11. The lowest BCUT2D eigenvalue weighted by atomic mass is 10.1. The van der Waals surface area contributed by atoms with Crippen LogP contribution in [0.5, 0.6) is 5.75 Å². The van der Waals surface area contributed by atoms with Gasteiger partial charge in [0.15, 0.2) is 0 Å². The molecule has 1 saturated carbocycles. The molecule has 0 saturated heterocycles. The maximum Gasteiger partial charge on any atom is 0.148 e. The Labute approximate surface area is 143 Å². The van der Waals surface area contributed by atoms with Gasteiger partial charge in [-0.1, -0.05) is 19.8 Å². The van der Waals surface area contributed by atoms with Gasteiger partial charge in [-0.05, 0) is 75.4 Å². The van der Waals surface area contributed by atoms with E-state index in [1.54, 1.807) is 0 Å². The Morgan fingerprint density at radius 1 is 1.19 bits per heavy atom. The summed E-state index contributed by atoms with van der Waals surface area (Å²) in [5.74, 6) is 0.793. The number of hydrogen-bond acceptors (Lipinski definition) is 3. The Kier molecular flexibility index (Phi) is 6.99. The fourth-order valence-corrected chi connectivity index (χ4v) is 4.11. The Balaban J connectivity index is 2.11. The molecular formula is C16H23Br2NO2. The Morgan fingerprint density at radius 2 is 1.86 bits per heavy atom. The topological polar surface area (TPSA) is 41.5 Å². The summed E-state index contributed by atoms with van der Waals surface area (Å²) >= 11 is 7.18. The summed E-state index contributed by atoms with van der Waals surface area (Å²) in [6, 6.07) is 4.15. The zero-order valence-electron chi connectivity index (χ0n) is 12.4. The molecule has 5 heteroatoms. The lowest BCUT2D eigenvalue weighted by Crippen LogP contribution is -2.30. The van der Waals surface area contributed by atoms with Crippen molar-refractivity contribution in [1.29, 1.82) is 0 Å². The molecule has 0 bridgehead atoms. The number of hydrogen-bond donors (Lipinski definition) is 2. The first-order chi connectivity index (χ1) is 10.1. The minimum Gasteiger partial charge on any atom is -0.485 e. The third-order valence-corrected chi connectivity index (χ3v) is 5.00. The first-order valence-electron chi connectivity index (χ1n) is 7.65. The number of aliphatic hydroxyl groups excluding tert-OH is 1. The maximum atomic E-state index is 10.2. The van der Waals surface area contributed by atoms with Crippen LogP contribution < -0.4 is 10.1 Å². The molecule has 2 N–H and O–H groups in total. The predicted molar refractivity (Wildman–Crippen MR) is 92.7 cm³/mol. The molecule has 2 atom stereocenters. The number of nitrogens with one attached hydrogen (secondary N) is 1. The third kappa shape index (κ3) is 4.95. The number of aliphatic hydroxyl groups is 1. The SMILES string of the molecule is CCNCc1cc(Br)c(OC2CCCCCC2O)c(Br)c1. The van der Waals surface area contributed by atoms with Crippen molar-refractivity contribution in [2.24, 2.45) is 0 Å². The van der Waals surface area contributed by atoms with Gasteiger partial charge in [-0.25, -0.2) is 0 Å². The Hall–Kier alpha value is -0.100. The Bertz CT molecular complexity index is 445. The van der Waals surface area contributed by atoms with Gasteiger partial charge in [0.2, 0.25) is 0 Å². The van der Waals surface area contributed by atoms with E-state index >= 15 is 0 Å². The molecule has 1 aliphatic rings. The quantitative estimate of drug-likeness (QED) is 0.694. The van der Waals surface area contributed by atoms with E-state index in [4.69, 9.17) is 4.74 Å². The van der Waals surface area contributed by atoms with Gasteiger partial charge in [-0.15, -0.1) is 0 Å². The summed E-state index contributed by atoms with van der Waals surface area (Å²) in [7, 11) is 0. The second-order valence-corrected chi connectivity index (χ2v) is 7.24. The smallest absolute Gasteiger partial charge is 0.148 e. The fraction of sp³-hybridized carbons (Fsp3) is 0.625. The number of ether oxygens (including phenoxy) is 1. The molecule has 0 aliphatic heterocycles. The van der Waals surface area contributed by atoms with Crippen LogP contribution in [-0.4, -0.2) is 23.9 Å². The molecule has 1 aromatic rings. The highest BCUT2D eigenvalue weighted by Crippen LogP contribution is 2.37. The van der Waals surface area contributed by atoms with E-state index in [0.717, 1.165) is 53.5 Å². The van der Waals surface area contributed by atoms with Crippen LogP contribution in [-0.2, 0) is 6.54 Å². The van der Waals surface area contributed by atoms with E-state index < -0.39 is 0 Å². The van der Waals surface area contributed by atoms with E-state index in [-0.39, 0.29) is 12.2 Å². The summed E-state index contributed by atoms with van der Waals surface area (Å²) in [6.07, 6.45) is 4.66. The summed E-state index contributed by atoms with van der Waals surface area (Å²) in [4.78, 5) is 0. The summed E-state index contributed by atoms with van der Waals surface area (Å²) in [6.45, 7) is 3.87. The van der Waals surface area contributed by atoms with Crippen molar-refractivity contribution in [3.05, 3.63) is 26.6 Å². The standard InChI is InChI=1S/C16H23Br2NO2/c1-2-19-10-11-8-12(17)16(13(18)9-11)21-15-7-5-3-4-6-14(15)20/h8-9,14-15,19-20H,2-7,10H2,1H3. The van der Waals surface area contributed by atoms with E-state index in [9.17, 15) is 5.11 Å². The second kappa shape index (κ2) is 8.51. The fourth-order valence-electron chi connectivity index (χ4n) is 2.64. The van der Waals surface area contributed by atoms with Crippen molar-refractivity contribution < 1.29 is 9.84 Å². The molecule has 21 heavy (non-hydrogen) atoms. The molecule has 2 rings (SSSR count). The van der Waals surface area contributed by atoms with Gasteiger partial charge in [0.25, 0.3) is 0 Å². The zero-order chi connectivity index (χ0) is 15.2. The van der Waals surface area contributed by atoms with Crippen LogP contribution >= 0.6 is 31.9 Å². The summed E-state index contributed by atoms with van der Waals surface area (Å²) < 4.78 is 7.97. The van der Waals surface area contributed by atoms with Gasteiger partial charge in [0.1, 0.15) is 11.9 Å². The number of rotatable bonds is 5. The molecule has 0 spiro atoms. The predicted octanol–water partition coefficient (Wildman–Crippen LogP) is 4.39. The van der Waals surface area contributed by atoms with Gasteiger partial charge >= 0.3 is 0 Å². The molecule has 118 valence electrons. The number of benzene rings is 1. The average Bonchev–Trinajstić information content (AvgIpc) is 2.65. The summed E-state index contributed by atoms with van der Waals surface area (Å²) in [5.41, 5.74) is 1.20. The number of halogens is 2. The monoisotopic (exact) mass is 419 g/mol. The van der Waals surface area contributed by atoms with Gasteiger partial charge in [-0.3, -0.25) is 0 Å². The minimum atomic E-state index is -0.368. The molecule has 3 nitrogen and oxygen atoms in total. The summed E-state index contributed by atoms with van der Waals surface area (Å²) in [5, 5.41) is 13.5. The van der Waals surface area contributed by atoms with Gasteiger partial charge < -0.3 is 15.2 Å². The first kappa shape index (κ1) is 17.3. The Morgan fingerprint density at radius 3 is 2.52 bits per heavy atom. The van der Waals surface area contributed by atoms with Crippen molar-refractivity contribution >= 4 is 31.9 Å². The molecule has 1 aromatic carbocycles. The van der Waals surface area contributed by atoms with Crippen LogP contribution in [0, 0.1) is 0 Å².